The van der Waals surface area contributed by atoms with Crippen LogP contribution in [-0.2, 0) is 19.6 Å². The van der Waals surface area contributed by atoms with E-state index < -0.39 is 11.6 Å². The number of carbonyl (C=O) groups excluding carboxylic acids is 1. The first-order chi connectivity index (χ1) is 17.9. The number of ether oxygens (including phenoxy) is 2. The number of fused-ring (bicyclic) bond motifs is 1. The smallest absolute Gasteiger partial charge is 0.273 e. The van der Waals surface area contributed by atoms with Gasteiger partial charge in [0.05, 0.1) is 12.6 Å². The molecule has 0 spiro atoms. The van der Waals surface area contributed by atoms with Gasteiger partial charge in [0.1, 0.15) is 17.9 Å². The van der Waals surface area contributed by atoms with Crippen molar-refractivity contribution in [2.24, 2.45) is 0 Å². The molecule has 9 heteroatoms. The molecule has 1 N–H and O–H groups in total. The maximum atomic E-state index is 14.4. The molecule has 7 nitrogen and oxygen atoms in total. The Morgan fingerprint density at radius 1 is 1.00 bits per heavy atom. The van der Waals surface area contributed by atoms with Crippen LogP contribution in [0.15, 0.2) is 77.4 Å². The second-order valence-electron chi connectivity index (χ2n) is 8.80. The van der Waals surface area contributed by atoms with Crippen molar-refractivity contribution in [1.82, 2.24) is 15.2 Å². The first-order valence-corrected chi connectivity index (χ1v) is 11.8. The summed E-state index contributed by atoms with van der Waals surface area (Å²) >= 11 is 0. The highest BCUT2D eigenvalue weighted by atomic mass is 19.1. The molecule has 0 unspecified atom stereocenters. The van der Waals surface area contributed by atoms with Gasteiger partial charge in [-0.1, -0.05) is 42.5 Å². The molecule has 0 fully saturated rings. The number of nitrogens with zero attached hydrogens (tertiary/aromatic N) is 2. The summed E-state index contributed by atoms with van der Waals surface area (Å²) in [7, 11) is 0. The fourth-order valence-electron chi connectivity index (χ4n) is 4.13. The number of nitrogens with one attached hydrogen (secondary N) is 1. The molecular weight excluding hydrogens is 480 g/mol. The van der Waals surface area contributed by atoms with Crippen molar-refractivity contribution in [3.8, 4) is 11.5 Å². The average molecular weight is 506 g/mol. The van der Waals surface area contributed by atoms with Gasteiger partial charge in [0.2, 0.25) is 12.7 Å². The van der Waals surface area contributed by atoms with E-state index in [1.54, 1.807) is 0 Å². The lowest BCUT2D eigenvalue weighted by Gasteiger charge is -2.21. The summed E-state index contributed by atoms with van der Waals surface area (Å²) in [5, 5.41) is 2.91. The Balaban J connectivity index is 1.31. The fraction of sp³-hybridized carbons (Fsp3) is 0.214. The zero-order chi connectivity index (χ0) is 25.8. The van der Waals surface area contributed by atoms with Gasteiger partial charge in [-0.3, -0.25) is 9.69 Å². The third-order valence-corrected chi connectivity index (χ3v) is 6.04. The standard InChI is InChI=1S/C28H25F2N3O4/c1-18(20-5-3-2-4-6-20)31-28(34)24-16-35-27(32-24)15-33(14-21-8-9-22(29)12-23(21)30)13-19-7-10-25-26(11-19)37-17-36-25/h2-12,16,18H,13-15,17H2,1H3,(H,31,34)/t18-/m1/s1. The van der Waals surface area contributed by atoms with Crippen LogP contribution in [0.1, 0.15) is 46.0 Å². The predicted octanol–water partition coefficient (Wildman–Crippen LogP) is 5.37. The molecule has 5 rings (SSSR count). The Hall–Kier alpha value is -4.24. The Morgan fingerprint density at radius 2 is 1.81 bits per heavy atom. The number of hydrogen-bond donors (Lipinski definition) is 1. The van der Waals surface area contributed by atoms with Crippen LogP contribution >= 0.6 is 0 Å². The van der Waals surface area contributed by atoms with E-state index in [-0.39, 0.29) is 37.5 Å². The molecule has 2 heterocycles. The summed E-state index contributed by atoms with van der Waals surface area (Å²) in [5.41, 5.74) is 2.33. The van der Waals surface area contributed by atoms with Gasteiger partial charge in [0.25, 0.3) is 5.91 Å². The highest BCUT2D eigenvalue weighted by molar-refractivity contribution is 5.92. The molecule has 1 aromatic heterocycles. The van der Waals surface area contributed by atoms with E-state index in [2.05, 4.69) is 10.3 Å². The van der Waals surface area contributed by atoms with Crippen molar-refractivity contribution in [2.75, 3.05) is 6.79 Å². The number of oxazole rings is 1. The zero-order valence-corrected chi connectivity index (χ0v) is 20.1. The predicted molar refractivity (Wildman–Crippen MR) is 131 cm³/mol. The lowest BCUT2D eigenvalue weighted by molar-refractivity contribution is 0.0934. The highest BCUT2D eigenvalue weighted by Gasteiger charge is 2.20. The van der Waals surface area contributed by atoms with Gasteiger partial charge in [0, 0.05) is 24.7 Å². The van der Waals surface area contributed by atoms with E-state index in [4.69, 9.17) is 13.9 Å². The summed E-state index contributed by atoms with van der Waals surface area (Å²) < 4.78 is 44.3. The van der Waals surface area contributed by atoms with Crippen molar-refractivity contribution in [2.45, 2.75) is 32.6 Å². The summed E-state index contributed by atoms with van der Waals surface area (Å²) in [6, 6.07) is 18.4. The number of carbonyl (C=O) groups is 1. The van der Waals surface area contributed by atoms with Crippen molar-refractivity contribution in [3.63, 3.8) is 0 Å². The summed E-state index contributed by atoms with van der Waals surface area (Å²) in [4.78, 5) is 19.0. The van der Waals surface area contributed by atoms with Crippen LogP contribution in [0.5, 0.6) is 11.5 Å². The van der Waals surface area contributed by atoms with Crippen LogP contribution in [-0.4, -0.2) is 22.6 Å². The van der Waals surface area contributed by atoms with E-state index in [0.29, 0.717) is 29.5 Å². The molecule has 0 saturated carbocycles. The van der Waals surface area contributed by atoms with Gasteiger partial charge in [-0.15, -0.1) is 0 Å². The Kier molecular flexibility index (Phi) is 7.14. The van der Waals surface area contributed by atoms with Crippen LogP contribution in [0.2, 0.25) is 0 Å². The van der Waals surface area contributed by atoms with Crippen LogP contribution in [0.3, 0.4) is 0 Å². The lowest BCUT2D eigenvalue weighted by atomic mass is 10.1. The number of amides is 1. The Bertz CT molecular complexity index is 1390. The monoisotopic (exact) mass is 505 g/mol. The second-order valence-corrected chi connectivity index (χ2v) is 8.80. The van der Waals surface area contributed by atoms with Crippen molar-refractivity contribution >= 4 is 5.91 Å². The van der Waals surface area contributed by atoms with Crippen LogP contribution in [0, 0.1) is 11.6 Å². The molecule has 0 radical (unpaired) electrons. The Morgan fingerprint density at radius 3 is 2.62 bits per heavy atom. The second kappa shape index (κ2) is 10.8. The average Bonchev–Trinajstić information content (AvgIpc) is 3.55. The van der Waals surface area contributed by atoms with E-state index in [9.17, 15) is 13.6 Å². The van der Waals surface area contributed by atoms with E-state index in [1.165, 1.54) is 18.4 Å². The number of benzene rings is 3. The maximum absolute atomic E-state index is 14.4. The SMILES string of the molecule is C[C@@H](NC(=O)c1coc(CN(Cc2ccc3c(c2)OCO3)Cc2ccc(F)cc2F)n1)c1ccccc1. The molecule has 37 heavy (non-hydrogen) atoms. The van der Waals surface area contributed by atoms with Gasteiger partial charge in [-0.05, 0) is 36.2 Å². The van der Waals surface area contributed by atoms with Crippen molar-refractivity contribution < 1.29 is 27.5 Å². The van der Waals surface area contributed by atoms with E-state index in [1.807, 2.05) is 60.4 Å². The normalized spacial score (nSPS) is 13.1. The number of halogens is 2. The van der Waals surface area contributed by atoms with Gasteiger partial charge in [-0.2, -0.15) is 0 Å². The molecular formula is C28H25F2N3O4. The summed E-state index contributed by atoms with van der Waals surface area (Å²) in [6.45, 7) is 2.79. The topological polar surface area (TPSA) is 76.8 Å². The number of aromatic nitrogens is 1. The van der Waals surface area contributed by atoms with Gasteiger partial charge in [-0.25, -0.2) is 13.8 Å². The third-order valence-electron chi connectivity index (χ3n) is 6.04. The molecule has 4 aromatic rings. The minimum Gasteiger partial charge on any atom is -0.454 e. The number of hydrogen-bond acceptors (Lipinski definition) is 6. The van der Waals surface area contributed by atoms with E-state index >= 15 is 0 Å². The molecule has 1 atom stereocenters. The molecule has 3 aromatic carbocycles. The van der Waals surface area contributed by atoms with Gasteiger partial charge < -0.3 is 19.2 Å². The lowest BCUT2D eigenvalue weighted by Crippen LogP contribution is -2.27. The Labute approximate surface area is 212 Å². The first kappa shape index (κ1) is 24.5. The molecule has 0 aliphatic carbocycles. The largest absolute Gasteiger partial charge is 0.454 e. The van der Waals surface area contributed by atoms with E-state index in [0.717, 1.165) is 17.2 Å². The van der Waals surface area contributed by atoms with Crippen molar-refractivity contribution in [3.05, 3.63) is 113 Å². The first-order valence-electron chi connectivity index (χ1n) is 11.8. The third kappa shape index (κ3) is 5.95. The molecule has 1 amide bonds. The molecule has 1 aliphatic heterocycles. The summed E-state index contributed by atoms with van der Waals surface area (Å²) in [5.74, 6) is -0.0604. The molecule has 0 saturated heterocycles. The highest BCUT2D eigenvalue weighted by Crippen LogP contribution is 2.33. The van der Waals surface area contributed by atoms with Gasteiger partial charge >= 0.3 is 0 Å². The summed E-state index contributed by atoms with van der Waals surface area (Å²) in [6.07, 6.45) is 1.31. The van der Waals surface area contributed by atoms with Crippen LogP contribution in [0.4, 0.5) is 8.78 Å². The van der Waals surface area contributed by atoms with Crippen molar-refractivity contribution in [1.29, 1.82) is 0 Å². The molecule has 0 bridgehead atoms. The number of rotatable bonds is 9. The van der Waals surface area contributed by atoms with Crippen LogP contribution in [0.25, 0.3) is 0 Å². The maximum Gasteiger partial charge on any atom is 0.273 e. The minimum absolute atomic E-state index is 0.147. The van der Waals surface area contributed by atoms with Gasteiger partial charge in [0.15, 0.2) is 17.2 Å². The molecule has 190 valence electrons. The minimum atomic E-state index is -0.642. The quantitative estimate of drug-likeness (QED) is 0.329. The fourth-order valence-corrected chi connectivity index (χ4v) is 4.13. The van der Waals surface area contributed by atoms with Crippen LogP contribution < -0.4 is 14.8 Å². The zero-order valence-electron chi connectivity index (χ0n) is 20.1. The molecule has 1 aliphatic rings.